The Labute approximate surface area is 137 Å². The Kier molecular flexibility index (Phi) is 4.73. The monoisotopic (exact) mass is 392 g/mol. The molecule has 0 bridgehead atoms. The Morgan fingerprint density at radius 2 is 1.50 bits per heavy atom. The molecule has 120 valence electrons. The number of hydrogen-bond donors (Lipinski definition) is 0. The van der Waals surface area contributed by atoms with Crippen molar-refractivity contribution in [2.45, 2.75) is 36.7 Å². The van der Waals surface area contributed by atoms with Gasteiger partial charge in [0.05, 0.1) is 0 Å². The molecule has 0 spiro atoms. The SMILES string of the molecule is C[Si](C)(C1=C(C(F)(F)C(F)(F)Br)CC=CC1)c1ccccc1. The Hall–Kier alpha value is -0.883. The van der Waals surface area contributed by atoms with E-state index in [-0.39, 0.29) is 6.42 Å². The van der Waals surface area contributed by atoms with Crippen LogP contribution in [0.2, 0.25) is 13.1 Å². The summed E-state index contributed by atoms with van der Waals surface area (Å²) in [6.45, 7) is 3.86. The molecule has 0 aromatic heterocycles. The van der Waals surface area contributed by atoms with Crippen LogP contribution >= 0.6 is 15.9 Å². The average molecular weight is 393 g/mol. The molecule has 0 atom stereocenters. The summed E-state index contributed by atoms with van der Waals surface area (Å²) >= 11 is 1.86. The molecule has 0 nitrogen and oxygen atoms in total. The minimum Gasteiger partial charge on any atom is -0.194 e. The summed E-state index contributed by atoms with van der Waals surface area (Å²) < 4.78 is 55.2. The fourth-order valence-corrected chi connectivity index (χ4v) is 6.05. The van der Waals surface area contributed by atoms with E-state index in [2.05, 4.69) is 0 Å². The highest BCUT2D eigenvalue weighted by atomic mass is 79.9. The third kappa shape index (κ3) is 3.08. The van der Waals surface area contributed by atoms with Crippen LogP contribution in [0.3, 0.4) is 0 Å². The first kappa shape index (κ1) is 17.5. The smallest absolute Gasteiger partial charge is 0.194 e. The van der Waals surface area contributed by atoms with E-state index >= 15 is 0 Å². The number of halogens is 5. The maximum Gasteiger partial charge on any atom is 0.367 e. The van der Waals surface area contributed by atoms with E-state index in [1.807, 2.05) is 59.4 Å². The molecule has 2 rings (SSSR count). The zero-order valence-corrected chi connectivity index (χ0v) is 14.9. The van der Waals surface area contributed by atoms with Gasteiger partial charge in [-0.3, -0.25) is 0 Å². The lowest BCUT2D eigenvalue weighted by Crippen LogP contribution is -2.48. The van der Waals surface area contributed by atoms with Crippen molar-refractivity contribution in [3.05, 3.63) is 53.3 Å². The fourth-order valence-electron chi connectivity index (χ4n) is 2.80. The van der Waals surface area contributed by atoms with E-state index < -0.39 is 24.4 Å². The van der Waals surface area contributed by atoms with Gasteiger partial charge in [0.25, 0.3) is 0 Å². The standard InChI is InChI=1S/C16H17BrF4Si/c1-22(2,12-8-4-3-5-9-12)14-11-7-6-10-13(14)15(18,19)16(17,20)21/h3-9H,10-11H2,1-2H3. The Balaban J connectivity index is 2.58. The Morgan fingerprint density at radius 1 is 0.955 bits per heavy atom. The fraction of sp³-hybridized carbons (Fsp3) is 0.375. The molecule has 0 heterocycles. The van der Waals surface area contributed by atoms with Crippen LogP contribution in [0, 0.1) is 0 Å². The maximum absolute atomic E-state index is 14.2. The summed E-state index contributed by atoms with van der Waals surface area (Å²) in [5.74, 6) is -4.19. The van der Waals surface area contributed by atoms with Crippen LogP contribution in [-0.2, 0) is 0 Å². The van der Waals surface area contributed by atoms with Gasteiger partial charge in [-0.25, -0.2) is 0 Å². The number of hydrogen-bond acceptors (Lipinski definition) is 0. The van der Waals surface area contributed by atoms with Crippen molar-refractivity contribution >= 4 is 29.2 Å². The second-order valence-electron chi connectivity index (χ2n) is 5.90. The van der Waals surface area contributed by atoms with E-state index in [0.29, 0.717) is 11.6 Å². The largest absolute Gasteiger partial charge is 0.367 e. The molecular weight excluding hydrogens is 376 g/mol. The summed E-state index contributed by atoms with van der Waals surface area (Å²) in [7, 11) is -2.44. The average Bonchev–Trinajstić information content (AvgIpc) is 2.47. The van der Waals surface area contributed by atoms with E-state index in [0.717, 1.165) is 5.19 Å². The molecule has 0 amide bonds. The van der Waals surface area contributed by atoms with E-state index in [1.165, 1.54) is 0 Å². The van der Waals surface area contributed by atoms with Crippen LogP contribution in [0.15, 0.2) is 53.3 Å². The second kappa shape index (κ2) is 5.96. The lowest BCUT2D eigenvalue weighted by Gasteiger charge is -2.35. The summed E-state index contributed by atoms with van der Waals surface area (Å²) in [5.41, 5.74) is -0.433. The molecule has 0 radical (unpaired) electrons. The zero-order chi connectivity index (χ0) is 16.6. The highest BCUT2D eigenvalue weighted by molar-refractivity contribution is 9.10. The molecule has 0 saturated carbocycles. The molecule has 1 aliphatic carbocycles. The molecule has 1 aliphatic rings. The predicted molar refractivity (Wildman–Crippen MR) is 87.8 cm³/mol. The van der Waals surface area contributed by atoms with Crippen LogP contribution in [0.1, 0.15) is 12.8 Å². The van der Waals surface area contributed by atoms with Gasteiger partial charge in [-0.1, -0.05) is 66.0 Å². The Bertz CT molecular complexity index is 600. The van der Waals surface area contributed by atoms with Crippen molar-refractivity contribution in [1.29, 1.82) is 0 Å². The van der Waals surface area contributed by atoms with Crippen molar-refractivity contribution in [1.82, 2.24) is 0 Å². The van der Waals surface area contributed by atoms with Gasteiger partial charge in [0.15, 0.2) is 0 Å². The van der Waals surface area contributed by atoms with Gasteiger partial charge in [0.1, 0.15) is 8.07 Å². The minimum atomic E-state index is -4.24. The van der Waals surface area contributed by atoms with Gasteiger partial charge in [0, 0.05) is 5.57 Å². The molecule has 1 aromatic rings. The summed E-state index contributed by atoms with van der Waals surface area (Å²) in [6.07, 6.45) is 3.51. The van der Waals surface area contributed by atoms with Crippen LogP contribution in [0.25, 0.3) is 0 Å². The topological polar surface area (TPSA) is 0 Å². The molecule has 0 saturated heterocycles. The third-order valence-electron chi connectivity index (χ3n) is 4.16. The summed E-state index contributed by atoms with van der Waals surface area (Å²) in [6, 6.07) is 9.32. The molecule has 6 heteroatoms. The molecule has 0 fully saturated rings. The highest BCUT2D eigenvalue weighted by Crippen LogP contribution is 2.48. The summed E-state index contributed by atoms with van der Waals surface area (Å²) in [4.78, 5) is -4.24. The number of rotatable bonds is 4. The number of allylic oxidation sites excluding steroid dienone is 4. The van der Waals surface area contributed by atoms with Gasteiger partial charge in [-0.15, -0.1) is 0 Å². The van der Waals surface area contributed by atoms with Gasteiger partial charge in [-0.2, -0.15) is 17.6 Å². The lowest BCUT2D eigenvalue weighted by molar-refractivity contribution is -0.121. The highest BCUT2D eigenvalue weighted by Gasteiger charge is 2.58. The number of alkyl halides is 5. The first-order valence-corrected chi connectivity index (χ1v) is 10.8. The Morgan fingerprint density at radius 3 is 2.05 bits per heavy atom. The van der Waals surface area contributed by atoms with E-state index in [9.17, 15) is 17.6 Å². The van der Waals surface area contributed by atoms with Gasteiger partial charge < -0.3 is 0 Å². The quantitative estimate of drug-likeness (QED) is 0.278. The number of benzene rings is 1. The zero-order valence-electron chi connectivity index (χ0n) is 12.3. The maximum atomic E-state index is 14.2. The van der Waals surface area contributed by atoms with Crippen molar-refractivity contribution in [2.75, 3.05) is 0 Å². The van der Waals surface area contributed by atoms with Gasteiger partial charge in [0.2, 0.25) is 0 Å². The molecule has 1 aromatic carbocycles. The van der Waals surface area contributed by atoms with Crippen molar-refractivity contribution in [2.24, 2.45) is 0 Å². The molecule has 0 aliphatic heterocycles. The van der Waals surface area contributed by atoms with Gasteiger partial charge >= 0.3 is 10.8 Å². The first-order chi connectivity index (χ1) is 10.1. The van der Waals surface area contributed by atoms with Crippen molar-refractivity contribution in [3.63, 3.8) is 0 Å². The van der Waals surface area contributed by atoms with Crippen molar-refractivity contribution in [3.8, 4) is 0 Å². The van der Waals surface area contributed by atoms with Gasteiger partial charge in [-0.05, 0) is 28.8 Å². The third-order valence-corrected chi connectivity index (χ3v) is 8.45. The first-order valence-electron chi connectivity index (χ1n) is 6.96. The normalized spacial score (nSPS) is 17.0. The van der Waals surface area contributed by atoms with E-state index in [4.69, 9.17) is 0 Å². The van der Waals surface area contributed by atoms with Crippen molar-refractivity contribution < 1.29 is 17.6 Å². The molecule has 0 unspecified atom stereocenters. The van der Waals surface area contributed by atoms with Crippen LogP contribution < -0.4 is 5.19 Å². The minimum absolute atomic E-state index is 0.132. The second-order valence-corrected chi connectivity index (χ2v) is 11.3. The summed E-state index contributed by atoms with van der Waals surface area (Å²) in [5, 5.41) is 1.46. The van der Waals surface area contributed by atoms with Crippen LogP contribution in [0.4, 0.5) is 17.6 Å². The molecule has 22 heavy (non-hydrogen) atoms. The van der Waals surface area contributed by atoms with Crippen LogP contribution in [-0.4, -0.2) is 18.8 Å². The molecular formula is C16H17BrF4Si. The predicted octanol–water partition coefficient (Wildman–Crippen LogP) is 5.41. The molecule has 0 N–H and O–H groups in total. The van der Waals surface area contributed by atoms with E-state index in [1.54, 1.807) is 12.2 Å². The lowest BCUT2D eigenvalue weighted by atomic mass is 9.99. The van der Waals surface area contributed by atoms with Crippen LogP contribution in [0.5, 0.6) is 0 Å².